The number of amides is 2. The number of hydrogen-bond donors (Lipinski definition) is 1. The van der Waals surface area contributed by atoms with E-state index in [1.165, 1.54) is 23.8 Å². The average Bonchev–Trinajstić information content (AvgIpc) is 2.81. The first kappa shape index (κ1) is 22.3. The Morgan fingerprint density at radius 1 is 1.09 bits per heavy atom. The van der Waals surface area contributed by atoms with Crippen LogP contribution in [0.2, 0.25) is 0 Å². The fraction of sp³-hybridized carbons (Fsp3) is 0.231. The molecule has 6 nitrogen and oxygen atoms in total. The first-order chi connectivity index (χ1) is 16.0. The van der Waals surface area contributed by atoms with E-state index in [0.717, 1.165) is 18.6 Å². The lowest BCUT2D eigenvalue weighted by Gasteiger charge is -2.30. The first-order valence-electron chi connectivity index (χ1n) is 10.8. The maximum absolute atomic E-state index is 13.9. The number of fused-ring (bicyclic) bond motifs is 1. The molecule has 0 bridgehead atoms. The molecule has 0 aromatic heterocycles. The average molecular weight is 448 g/mol. The minimum absolute atomic E-state index is 0.0339. The lowest BCUT2D eigenvalue weighted by atomic mass is 10.1. The molecule has 0 fully saturated rings. The third-order valence-electron chi connectivity index (χ3n) is 5.34. The zero-order valence-corrected chi connectivity index (χ0v) is 18.3. The van der Waals surface area contributed by atoms with Crippen LogP contribution >= 0.6 is 0 Å². The van der Waals surface area contributed by atoms with Crippen molar-refractivity contribution in [2.75, 3.05) is 30.0 Å². The second-order valence-corrected chi connectivity index (χ2v) is 7.82. The van der Waals surface area contributed by atoms with Crippen LogP contribution in [0.5, 0.6) is 11.5 Å². The molecule has 1 aliphatic rings. The van der Waals surface area contributed by atoms with E-state index in [4.69, 9.17) is 9.47 Å². The summed E-state index contributed by atoms with van der Waals surface area (Å²) >= 11 is 0. The number of unbranched alkanes of at least 4 members (excludes halogenated alkanes) is 1. The van der Waals surface area contributed by atoms with Gasteiger partial charge >= 0.3 is 0 Å². The van der Waals surface area contributed by atoms with Crippen LogP contribution in [0.3, 0.4) is 0 Å². The van der Waals surface area contributed by atoms with Gasteiger partial charge in [-0.2, -0.15) is 0 Å². The second-order valence-electron chi connectivity index (χ2n) is 7.82. The summed E-state index contributed by atoms with van der Waals surface area (Å²) in [7, 11) is 0. The van der Waals surface area contributed by atoms with Gasteiger partial charge in [-0.15, -0.1) is 0 Å². The Labute approximate surface area is 191 Å². The van der Waals surface area contributed by atoms with Crippen molar-refractivity contribution in [2.24, 2.45) is 0 Å². The molecule has 170 valence electrons. The van der Waals surface area contributed by atoms with Crippen LogP contribution in [-0.4, -0.2) is 31.6 Å². The van der Waals surface area contributed by atoms with Crippen LogP contribution in [0.15, 0.2) is 66.7 Å². The number of rotatable bonds is 8. The van der Waals surface area contributed by atoms with Crippen molar-refractivity contribution in [1.29, 1.82) is 0 Å². The minimum Gasteiger partial charge on any atom is -0.494 e. The fourth-order valence-electron chi connectivity index (χ4n) is 3.57. The van der Waals surface area contributed by atoms with Gasteiger partial charge in [-0.05, 0) is 62.2 Å². The molecule has 0 spiro atoms. The minimum atomic E-state index is -0.596. The van der Waals surface area contributed by atoms with E-state index in [-0.39, 0.29) is 18.1 Å². The Morgan fingerprint density at radius 2 is 1.88 bits per heavy atom. The summed E-state index contributed by atoms with van der Waals surface area (Å²) in [4.78, 5) is 26.6. The molecular formula is C26H25FN2O4. The number of nitrogens with zero attached hydrogens (tertiary/aromatic N) is 1. The highest BCUT2D eigenvalue weighted by Crippen LogP contribution is 2.35. The number of aryl methyl sites for hydroxylation is 1. The van der Waals surface area contributed by atoms with Crippen molar-refractivity contribution >= 4 is 23.2 Å². The van der Waals surface area contributed by atoms with Crippen molar-refractivity contribution in [3.63, 3.8) is 0 Å². The molecule has 0 saturated carbocycles. The number of anilines is 2. The van der Waals surface area contributed by atoms with E-state index in [2.05, 4.69) is 5.32 Å². The highest BCUT2D eigenvalue weighted by Gasteiger charge is 2.25. The number of benzene rings is 3. The molecular weight excluding hydrogens is 423 g/mol. The number of hydrogen-bond acceptors (Lipinski definition) is 4. The van der Waals surface area contributed by atoms with Gasteiger partial charge < -0.3 is 19.7 Å². The van der Waals surface area contributed by atoms with Crippen LogP contribution in [0.1, 0.15) is 28.8 Å². The zero-order chi connectivity index (χ0) is 23.2. The van der Waals surface area contributed by atoms with Gasteiger partial charge in [0.15, 0.2) is 6.61 Å². The first-order valence-corrected chi connectivity index (χ1v) is 10.8. The van der Waals surface area contributed by atoms with Crippen LogP contribution in [0, 0.1) is 12.7 Å². The van der Waals surface area contributed by atoms with Crippen molar-refractivity contribution in [1.82, 2.24) is 0 Å². The number of halogens is 1. The summed E-state index contributed by atoms with van der Waals surface area (Å²) in [6.45, 7) is 3.04. The van der Waals surface area contributed by atoms with Crippen molar-refractivity contribution in [3.8, 4) is 11.5 Å². The number of carbonyl (C=O) groups is 2. The topological polar surface area (TPSA) is 67.9 Å². The molecule has 0 aliphatic carbocycles. The molecule has 1 N–H and O–H groups in total. The molecule has 1 heterocycles. The molecule has 33 heavy (non-hydrogen) atoms. The highest BCUT2D eigenvalue weighted by molar-refractivity contribution is 6.05. The fourth-order valence-corrected chi connectivity index (χ4v) is 3.57. The van der Waals surface area contributed by atoms with E-state index in [1.54, 1.807) is 29.2 Å². The smallest absolute Gasteiger partial charge is 0.265 e. The van der Waals surface area contributed by atoms with E-state index in [0.29, 0.717) is 30.3 Å². The maximum Gasteiger partial charge on any atom is 0.265 e. The molecule has 0 atom stereocenters. The molecule has 0 radical (unpaired) electrons. The largest absolute Gasteiger partial charge is 0.494 e. The summed E-state index contributed by atoms with van der Waals surface area (Å²) in [6.07, 6.45) is 1.51. The molecule has 0 saturated heterocycles. The molecule has 0 unspecified atom stereocenters. The van der Waals surface area contributed by atoms with Crippen LogP contribution in [-0.2, 0) is 4.79 Å². The highest BCUT2D eigenvalue weighted by atomic mass is 19.1. The van der Waals surface area contributed by atoms with Gasteiger partial charge in [-0.3, -0.25) is 9.59 Å². The quantitative estimate of drug-likeness (QED) is 0.494. The Morgan fingerprint density at radius 3 is 2.67 bits per heavy atom. The van der Waals surface area contributed by atoms with E-state index >= 15 is 0 Å². The Hall–Kier alpha value is -3.87. The molecule has 3 aromatic rings. The molecule has 4 rings (SSSR count). The summed E-state index contributed by atoms with van der Waals surface area (Å²) < 4.78 is 25.2. The number of carbonyl (C=O) groups excluding carboxylic acids is 2. The van der Waals surface area contributed by atoms with Crippen LogP contribution in [0.25, 0.3) is 0 Å². The van der Waals surface area contributed by atoms with Gasteiger partial charge in [0.1, 0.15) is 17.3 Å². The van der Waals surface area contributed by atoms with Crippen LogP contribution in [0.4, 0.5) is 15.8 Å². The van der Waals surface area contributed by atoms with Gasteiger partial charge in [0.25, 0.3) is 11.8 Å². The lowest BCUT2D eigenvalue weighted by molar-refractivity contribution is -0.121. The molecule has 1 aliphatic heterocycles. The summed E-state index contributed by atoms with van der Waals surface area (Å²) in [5.41, 5.74) is 2.16. The number of ether oxygens (including phenoxy) is 2. The monoisotopic (exact) mass is 448 g/mol. The zero-order valence-electron chi connectivity index (χ0n) is 18.3. The lowest BCUT2D eigenvalue weighted by Crippen LogP contribution is -2.39. The second kappa shape index (κ2) is 10.2. The predicted molar refractivity (Wildman–Crippen MR) is 125 cm³/mol. The molecule has 3 aromatic carbocycles. The van der Waals surface area contributed by atoms with Gasteiger partial charge in [-0.1, -0.05) is 29.8 Å². The third kappa shape index (κ3) is 5.49. The summed E-state index contributed by atoms with van der Waals surface area (Å²) in [6, 6.07) is 18.7. The van der Waals surface area contributed by atoms with Crippen molar-refractivity contribution in [2.45, 2.75) is 19.8 Å². The van der Waals surface area contributed by atoms with E-state index in [1.807, 2.05) is 31.2 Å². The predicted octanol–water partition coefficient (Wildman–Crippen LogP) is 4.97. The molecule has 2 amide bonds. The Balaban J connectivity index is 1.38. The SMILES string of the molecule is Cc1ccc(OCCCCN2C(=O)COc3ccc(NC(=O)c4ccccc4F)cc32)cc1. The Kier molecular flexibility index (Phi) is 6.88. The van der Waals surface area contributed by atoms with E-state index < -0.39 is 11.7 Å². The molecule has 7 heteroatoms. The normalized spacial score (nSPS) is 12.7. The Bertz CT molecular complexity index is 1150. The number of nitrogens with one attached hydrogen (secondary N) is 1. The van der Waals surface area contributed by atoms with Crippen molar-refractivity contribution in [3.05, 3.63) is 83.7 Å². The maximum atomic E-state index is 13.9. The van der Waals surface area contributed by atoms with E-state index in [9.17, 15) is 14.0 Å². The third-order valence-corrected chi connectivity index (χ3v) is 5.34. The standard InChI is InChI=1S/C26H25FN2O4/c1-18-8-11-20(12-9-18)32-15-5-4-14-29-23-16-19(10-13-24(23)33-17-25(29)30)28-26(31)21-6-2-3-7-22(21)27/h2-3,6-13,16H,4-5,14-15,17H2,1H3,(H,28,31). The van der Waals surface area contributed by atoms with Gasteiger partial charge in [0.05, 0.1) is 17.9 Å². The van der Waals surface area contributed by atoms with Crippen molar-refractivity contribution < 1.29 is 23.5 Å². The van der Waals surface area contributed by atoms with Gasteiger partial charge in [0, 0.05) is 12.2 Å². The van der Waals surface area contributed by atoms with Gasteiger partial charge in [-0.25, -0.2) is 4.39 Å². The summed E-state index contributed by atoms with van der Waals surface area (Å²) in [5.74, 6) is 0.0782. The van der Waals surface area contributed by atoms with Gasteiger partial charge in [0.2, 0.25) is 0 Å². The van der Waals surface area contributed by atoms with Crippen LogP contribution < -0.4 is 19.7 Å². The summed E-state index contributed by atoms with van der Waals surface area (Å²) in [5, 5.41) is 2.69.